The topological polar surface area (TPSA) is 149 Å². The Balaban J connectivity index is 2.86. The third kappa shape index (κ3) is 2.33. The van der Waals surface area contributed by atoms with E-state index in [2.05, 4.69) is 14.9 Å². The van der Waals surface area contributed by atoms with Crippen molar-refractivity contribution in [2.45, 2.75) is 6.92 Å². The lowest BCUT2D eigenvalue weighted by Gasteiger charge is -2.08. The molecule has 0 saturated heterocycles. The standard InChI is InChI=1S/C11H9N3O7/c1-4-12-10(13-21-4)5-3-6(15)9(16)8(14(18)19)7(5)11(17)20-2/h3,15-16H,1-2H3. The van der Waals surface area contributed by atoms with Crippen LogP contribution in [0, 0.1) is 17.0 Å². The van der Waals surface area contributed by atoms with Gasteiger partial charge in [0, 0.05) is 12.5 Å². The molecule has 0 atom stereocenters. The fraction of sp³-hybridized carbons (Fsp3) is 0.182. The van der Waals surface area contributed by atoms with Gasteiger partial charge in [0.1, 0.15) is 0 Å². The monoisotopic (exact) mass is 295 g/mol. The van der Waals surface area contributed by atoms with Gasteiger partial charge in [0.2, 0.25) is 17.5 Å². The zero-order valence-electron chi connectivity index (χ0n) is 10.9. The van der Waals surface area contributed by atoms with E-state index in [1.807, 2.05) is 0 Å². The Hall–Kier alpha value is -3.17. The zero-order valence-corrected chi connectivity index (χ0v) is 10.9. The number of carbonyl (C=O) groups excluding carboxylic acids is 1. The second-order valence-electron chi connectivity index (χ2n) is 3.90. The Labute approximate surface area is 116 Å². The summed E-state index contributed by atoms with van der Waals surface area (Å²) < 4.78 is 9.20. The fourth-order valence-electron chi connectivity index (χ4n) is 1.72. The lowest BCUT2D eigenvalue weighted by molar-refractivity contribution is -0.386. The molecule has 0 aliphatic rings. The minimum atomic E-state index is -1.09. The molecule has 1 heterocycles. The molecule has 0 unspecified atom stereocenters. The van der Waals surface area contributed by atoms with Gasteiger partial charge in [-0.15, -0.1) is 0 Å². The highest BCUT2D eigenvalue weighted by atomic mass is 16.6. The maximum atomic E-state index is 11.8. The van der Waals surface area contributed by atoms with Gasteiger partial charge in [0.25, 0.3) is 0 Å². The molecule has 1 aromatic heterocycles. The maximum absolute atomic E-state index is 11.8. The molecule has 2 aromatic rings. The molecule has 0 aliphatic carbocycles. The minimum absolute atomic E-state index is 0.149. The zero-order chi connectivity index (χ0) is 15.7. The van der Waals surface area contributed by atoms with E-state index in [0.717, 1.165) is 13.2 Å². The van der Waals surface area contributed by atoms with Crippen LogP contribution < -0.4 is 0 Å². The van der Waals surface area contributed by atoms with Gasteiger partial charge in [0.05, 0.1) is 12.0 Å². The van der Waals surface area contributed by atoms with Crippen molar-refractivity contribution >= 4 is 11.7 Å². The van der Waals surface area contributed by atoms with Gasteiger partial charge in [-0.05, 0) is 6.07 Å². The first kappa shape index (κ1) is 14.2. The Morgan fingerprint density at radius 2 is 2.14 bits per heavy atom. The van der Waals surface area contributed by atoms with Gasteiger partial charge in [-0.3, -0.25) is 10.1 Å². The number of carbonyl (C=O) groups is 1. The van der Waals surface area contributed by atoms with E-state index in [0.29, 0.717) is 0 Å². The van der Waals surface area contributed by atoms with E-state index in [9.17, 15) is 25.1 Å². The molecule has 10 nitrogen and oxygen atoms in total. The number of nitro groups is 1. The first-order chi connectivity index (χ1) is 9.86. The normalized spacial score (nSPS) is 10.4. The summed E-state index contributed by atoms with van der Waals surface area (Å²) in [5.41, 5.74) is -1.78. The van der Waals surface area contributed by atoms with Crippen LogP contribution in [0.2, 0.25) is 0 Å². The average Bonchev–Trinajstić information content (AvgIpc) is 2.86. The SMILES string of the molecule is COC(=O)c1c(-c2noc(C)n2)cc(O)c(O)c1[N+](=O)[O-]. The number of phenols is 2. The van der Waals surface area contributed by atoms with Crippen LogP contribution in [0.15, 0.2) is 10.6 Å². The predicted octanol–water partition coefficient (Wildman–Crippen LogP) is 1.15. The molecule has 2 N–H and O–H groups in total. The van der Waals surface area contributed by atoms with Crippen molar-refractivity contribution in [1.29, 1.82) is 0 Å². The third-order valence-electron chi connectivity index (χ3n) is 2.59. The van der Waals surface area contributed by atoms with E-state index >= 15 is 0 Å². The molecule has 110 valence electrons. The number of esters is 1. The number of nitrogens with zero attached hydrogens (tertiary/aromatic N) is 3. The van der Waals surface area contributed by atoms with Gasteiger partial charge in [-0.25, -0.2) is 4.79 Å². The summed E-state index contributed by atoms with van der Waals surface area (Å²) in [5.74, 6) is -2.95. The first-order valence-electron chi connectivity index (χ1n) is 5.49. The minimum Gasteiger partial charge on any atom is -0.504 e. The molecular formula is C11H9N3O7. The Bertz CT molecular complexity index is 738. The number of phenolic OH excluding ortho intramolecular Hbond substituents is 2. The fourth-order valence-corrected chi connectivity index (χ4v) is 1.72. The lowest BCUT2D eigenvalue weighted by atomic mass is 10.0. The van der Waals surface area contributed by atoms with Crippen molar-refractivity contribution in [1.82, 2.24) is 10.1 Å². The summed E-state index contributed by atoms with van der Waals surface area (Å²) in [6, 6.07) is 0.916. The molecule has 10 heteroatoms. The van der Waals surface area contributed by atoms with Crippen LogP contribution in [0.3, 0.4) is 0 Å². The van der Waals surface area contributed by atoms with E-state index in [-0.39, 0.29) is 17.3 Å². The number of aryl methyl sites for hydroxylation is 1. The second-order valence-corrected chi connectivity index (χ2v) is 3.90. The van der Waals surface area contributed by atoms with Crippen molar-refractivity contribution in [2.75, 3.05) is 7.11 Å². The lowest BCUT2D eigenvalue weighted by Crippen LogP contribution is -2.08. The quantitative estimate of drug-likeness (QED) is 0.368. The molecule has 0 amide bonds. The van der Waals surface area contributed by atoms with Gasteiger partial charge in [0.15, 0.2) is 11.3 Å². The van der Waals surface area contributed by atoms with Crippen LogP contribution in [0.25, 0.3) is 11.4 Å². The highest BCUT2D eigenvalue weighted by Crippen LogP contribution is 2.43. The van der Waals surface area contributed by atoms with E-state index in [4.69, 9.17) is 4.52 Å². The van der Waals surface area contributed by atoms with E-state index in [1.54, 1.807) is 0 Å². The Morgan fingerprint density at radius 3 is 2.62 bits per heavy atom. The van der Waals surface area contributed by atoms with Gasteiger partial charge in [-0.1, -0.05) is 5.16 Å². The summed E-state index contributed by atoms with van der Waals surface area (Å²) >= 11 is 0. The number of rotatable bonds is 3. The Morgan fingerprint density at radius 1 is 1.48 bits per heavy atom. The number of ether oxygens (including phenoxy) is 1. The molecular weight excluding hydrogens is 286 g/mol. The van der Waals surface area contributed by atoms with Crippen LogP contribution in [-0.4, -0.2) is 38.4 Å². The molecule has 0 radical (unpaired) electrons. The van der Waals surface area contributed by atoms with Crippen LogP contribution in [0.4, 0.5) is 5.69 Å². The summed E-state index contributed by atoms with van der Waals surface area (Å²) in [4.78, 5) is 25.7. The van der Waals surface area contributed by atoms with Crippen molar-refractivity contribution in [3.05, 3.63) is 27.6 Å². The average molecular weight is 295 g/mol. The molecule has 0 saturated carbocycles. The number of aromatic hydroxyl groups is 2. The van der Waals surface area contributed by atoms with Crippen LogP contribution in [0.1, 0.15) is 16.2 Å². The molecule has 21 heavy (non-hydrogen) atoms. The Kier molecular flexibility index (Phi) is 3.44. The molecule has 0 aliphatic heterocycles. The molecule has 0 spiro atoms. The first-order valence-corrected chi connectivity index (χ1v) is 5.49. The second kappa shape index (κ2) is 5.07. The molecule has 2 rings (SSSR count). The number of aromatic nitrogens is 2. The van der Waals surface area contributed by atoms with Gasteiger partial charge < -0.3 is 19.5 Å². The van der Waals surface area contributed by atoms with Gasteiger partial charge >= 0.3 is 11.7 Å². The number of benzene rings is 1. The number of hydrogen-bond donors (Lipinski definition) is 2. The summed E-state index contributed by atoms with van der Waals surface area (Å²) in [6.07, 6.45) is 0. The van der Waals surface area contributed by atoms with E-state index < -0.39 is 33.6 Å². The number of methoxy groups -OCH3 is 1. The van der Waals surface area contributed by atoms with Crippen LogP contribution in [-0.2, 0) is 4.74 Å². The predicted molar refractivity (Wildman–Crippen MR) is 65.8 cm³/mol. The molecule has 0 bridgehead atoms. The third-order valence-corrected chi connectivity index (χ3v) is 2.59. The van der Waals surface area contributed by atoms with Crippen molar-refractivity contribution in [3.63, 3.8) is 0 Å². The van der Waals surface area contributed by atoms with Crippen LogP contribution >= 0.6 is 0 Å². The van der Waals surface area contributed by atoms with Crippen molar-refractivity contribution in [3.8, 4) is 22.9 Å². The summed E-state index contributed by atoms with van der Waals surface area (Å²) in [7, 11) is 1.02. The van der Waals surface area contributed by atoms with Gasteiger partial charge in [-0.2, -0.15) is 4.98 Å². The molecule has 1 aromatic carbocycles. The highest BCUT2D eigenvalue weighted by Gasteiger charge is 2.34. The van der Waals surface area contributed by atoms with Crippen molar-refractivity contribution in [2.24, 2.45) is 0 Å². The van der Waals surface area contributed by atoms with Crippen molar-refractivity contribution < 1.29 is 29.2 Å². The largest absolute Gasteiger partial charge is 0.504 e. The summed E-state index contributed by atoms with van der Waals surface area (Å²) in [5, 5.41) is 33.8. The summed E-state index contributed by atoms with van der Waals surface area (Å²) in [6.45, 7) is 1.48. The van der Waals surface area contributed by atoms with Crippen LogP contribution in [0.5, 0.6) is 11.5 Å². The smallest absolute Gasteiger partial charge is 0.345 e. The molecule has 0 fully saturated rings. The highest BCUT2D eigenvalue weighted by molar-refractivity contribution is 6.02. The maximum Gasteiger partial charge on any atom is 0.345 e. The number of hydrogen-bond acceptors (Lipinski definition) is 9. The number of nitro benzene ring substituents is 1. The van der Waals surface area contributed by atoms with E-state index in [1.165, 1.54) is 6.92 Å².